The molecule has 0 amide bonds. The number of hydrogen-bond acceptors (Lipinski definition) is 3. The Labute approximate surface area is 120 Å². The average molecular weight is 329 g/mol. The van der Waals surface area contributed by atoms with Crippen LogP contribution in [-0.2, 0) is 9.53 Å². The number of carboxylic acid groups (broad SMARTS) is 1. The first-order valence-corrected chi connectivity index (χ1v) is 7.09. The Bertz CT molecular complexity index is 457. The van der Waals surface area contributed by atoms with Gasteiger partial charge in [-0.1, -0.05) is 15.9 Å². The number of benzene rings is 1. The Balaban J connectivity index is 2.13. The summed E-state index contributed by atoms with van der Waals surface area (Å²) in [6, 6.07) is 5.72. The molecule has 5 heteroatoms. The van der Waals surface area contributed by atoms with Crippen LogP contribution in [0, 0.1) is 0 Å². The van der Waals surface area contributed by atoms with E-state index in [1.54, 1.807) is 7.11 Å². The smallest absolute Gasteiger partial charge is 0.344 e. The zero-order valence-electron chi connectivity index (χ0n) is 10.8. The Kier molecular flexibility index (Phi) is 4.82. The van der Waals surface area contributed by atoms with Crippen molar-refractivity contribution in [2.24, 2.45) is 0 Å². The highest BCUT2D eigenvalue weighted by Crippen LogP contribution is 2.45. The molecule has 1 aromatic rings. The molecule has 4 nitrogen and oxygen atoms in total. The van der Waals surface area contributed by atoms with Crippen molar-refractivity contribution in [2.75, 3.05) is 13.7 Å². The van der Waals surface area contributed by atoms with Crippen molar-refractivity contribution in [3.63, 3.8) is 0 Å². The maximum absolute atomic E-state index is 11.2. The number of carboxylic acids is 1. The molecule has 0 radical (unpaired) electrons. The fraction of sp³-hybridized carbons (Fsp3) is 0.500. The van der Waals surface area contributed by atoms with Crippen LogP contribution < -0.4 is 4.74 Å². The molecule has 0 aliphatic heterocycles. The normalized spacial score (nSPS) is 16.1. The van der Waals surface area contributed by atoms with Crippen LogP contribution in [0.3, 0.4) is 0 Å². The van der Waals surface area contributed by atoms with E-state index in [2.05, 4.69) is 15.9 Å². The van der Waals surface area contributed by atoms with E-state index < -0.39 is 12.1 Å². The summed E-state index contributed by atoms with van der Waals surface area (Å²) >= 11 is 3.44. The van der Waals surface area contributed by atoms with Crippen molar-refractivity contribution < 1.29 is 19.4 Å². The van der Waals surface area contributed by atoms with Crippen LogP contribution in [0.25, 0.3) is 0 Å². The maximum Gasteiger partial charge on any atom is 0.344 e. The van der Waals surface area contributed by atoms with Crippen molar-refractivity contribution in [1.82, 2.24) is 0 Å². The van der Waals surface area contributed by atoms with Crippen LogP contribution in [0.1, 0.15) is 30.7 Å². The Hall–Kier alpha value is -1.07. The lowest BCUT2D eigenvalue weighted by Gasteiger charge is -2.17. The summed E-state index contributed by atoms with van der Waals surface area (Å²) in [4.78, 5) is 11.2. The molecule has 0 heterocycles. The van der Waals surface area contributed by atoms with Crippen molar-refractivity contribution in [2.45, 2.75) is 31.3 Å². The number of carbonyl (C=O) groups is 1. The van der Waals surface area contributed by atoms with Gasteiger partial charge in [0.15, 0.2) is 6.10 Å². The Morgan fingerprint density at radius 1 is 1.53 bits per heavy atom. The number of halogens is 1. The summed E-state index contributed by atoms with van der Waals surface area (Å²) in [6.07, 6.45) is 1.76. The quantitative estimate of drug-likeness (QED) is 0.835. The van der Waals surface area contributed by atoms with Gasteiger partial charge in [0.25, 0.3) is 0 Å². The molecule has 104 valence electrons. The van der Waals surface area contributed by atoms with E-state index in [0.29, 0.717) is 24.7 Å². The highest BCUT2D eigenvalue weighted by atomic mass is 79.9. The highest BCUT2D eigenvalue weighted by molar-refractivity contribution is 9.10. The molecule has 0 saturated heterocycles. The van der Waals surface area contributed by atoms with Crippen LogP contribution in [-0.4, -0.2) is 30.9 Å². The summed E-state index contributed by atoms with van der Waals surface area (Å²) < 4.78 is 11.6. The van der Waals surface area contributed by atoms with Crippen LogP contribution >= 0.6 is 15.9 Å². The van der Waals surface area contributed by atoms with Gasteiger partial charge in [-0.3, -0.25) is 0 Å². The molecular weight excluding hydrogens is 312 g/mol. The zero-order valence-corrected chi connectivity index (χ0v) is 12.4. The van der Waals surface area contributed by atoms with Crippen molar-refractivity contribution in [3.05, 3.63) is 28.2 Å². The first-order valence-electron chi connectivity index (χ1n) is 6.29. The predicted molar refractivity (Wildman–Crippen MR) is 74.7 cm³/mol. The Morgan fingerprint density at radius 2 is 2.26 bits per heavy atom. The monoisotopic (exact) mass is 328 g/mol. The third-order valence-corrected chi connectivity index (χ3v) is 3.61. The SMILES string of the molecule is COCC[C@H](Oc1ccc(Br)cc1C1CC1)C(=O)O. The molecule has 0 bridgehead atoms. The molecule has 1 atom stereocenters. The summed E-state index contributed by atoms with van der Waals surface area (Å²) in [7, 11) is 1.55. The number of methoxy groups -OCH3 is 1. The second-order valence-electron chi connectivity index (χ2n) is 4.68. The summed E-state index contributed by atoms with van der Waals surface area (Å²) in [5.41, 5.74) is 1.10. The average Bonchev–Trinajstić information content (AvgIpc) is 3.19. The summed E-state index contributed by atoms with van der Waals surface area (Å²) in [5, 5.41) is 9.17. The minimum atomic E-state index is -0.957. The molecular formula is C14H17BrO4. The van der Waals surface area contributed by atoms with Gasteiger partial charge in [0.2, 0.25) is 0 Å². The molecule has 1 aliphatic rings. The van der Waals surface area contributed by atoms with E-state index >= 15 is 0 Å². The third-order valence-electron chi connectivity index (χ3n) is 3.12. The molecule has 1 fully saturated rings. The van der Waals surface area contributed by atoms with E-state index in [1.165, 1.54) is 0 Å². The highest BCUT2D eigenvalue weighted by Gasteiger charge is 2.29. The molecule has 0 aromatic heterocycles. The van der Waals surface area contributed by atoms with Crippen LogP contribution in [0.2, 0.25) is 0 Å². The van der Waals surface area contributed by atoms with Gasteiger partial charge in [-0.05, 0) is 42.5 Å². The zero-order chi connectivity index (χ0) is 13.8. The maximum atomic E-state index is 11.2. The molecule has 19 heavy (non-hydrogen) atoms. The Morgan fingerprint density at radius 3 is 2.84 bits per heavy atom. The van der Waals surface area contributed by atoms with E-state index in [4.69, 9.17) is 9.47 Å². The fourth-order valence-electron chi connectivity index (χ4n) is 1.95. The lowest BCUT2D eigenvalue weighted by molar-refractivity contribution is -0.145. The number of hydrogen-bond donors (Lipinski definition) is 1. The second kappa shape index (κ2) is 6.39. The minimum absolute atomic E-state index is 0.339. The number of aliphatic carboxylic acids is 1. The van der Waals surface area contributed by atoms with Gasteiger partial charge in [-0.15, -0.1) is 0 Å². The van der Waals surface area contributed by atoms with Gasteiger partial charge in [0.1, 0.15) is 5.75 Å². The molecule has 1 aromatic carbocycles. The number of ether oxygens (including phenoxy) is 2. The van der Waals surface area contributed by atoms with Crippen molar-refractivity contribution in [1.29, 1.82) is 0 Å². The molecule has 1 aliphatic carbocycles. The predicted octanol–water partition coefficient (Wildman–Crippen LogP) is 3.20. The lowest BCUT2D eigenvalue weighted by atomic mass is 10.1. The number of rotatable bonds is 7. The van der Waals surface area contributed by atoms with E-state index in [0.717, 1.165) is 22.9 Å². The van der Waals surface area contributed by atoms with Gasteiger partial charge in [-0.25, -0.2) is 4.79 Å². The van der Waals surface area contributed by atoms with E-state index in [1.807, 2.05) is 18.2 Å². The van der Waals surface area contributed by atoms with Crippen molar-refractivity contribution in [3.8, 4) is 5.75 Å². The topological polar surface area (TPSA) is 55.8 Å². The summed E-state index contributed by atoms with van der Waals surface area (Å²) in [6.45, 7) is 0.367. The minimum Gasteiger partial charge on any atom is -0.479 e. The second-order valence-corrected chi connectivity index (χ2v) is 5.60. The first kappa shape index (κ1) is 14.3. The molecule has 1 saturated carbocycles. The molecule has 0 unspecified atom stereocenters. The lowest BCUT2D eigenvalue weighted by Crippen LogP contribution is -2.28. The molecule has 0 spiro atoms. The van der Waals surface area contributed by atoms with Crippen molar-refractivity contribution >= 4 is 21.9 Å². The fourth-order valence-corrected chi connectivity index (χ4v) is 2.33. The molecule has 1 N–H and O–H groups in total. The molecule has 2 rings (SSSR count). The largest absolute Gasteiger partial charge is 0.479 e. The van der Waals surface area contributed by atoms with E-state index in [-0.39, 0.29) is 0 Å². The van der Waals surface area contributed by atoms with Gasteiger partial charge in [0, 0.05) is 18.0 Å². The van der Waals surface area contributed by atoms with E-state index in [9.17, 15) is 9.90 Å². The van der Waals surface area contributed by atoms with Crippen LogP contribution in [0.5, 0.6) is 5.75 Å². The van der Waals surface area contributed by atoms with Gasteiger partial charge < -0.3 is 14.6 Å². The van der Waals surface area contributed by atoms with Crippen LogP contribution in [0.4, 0.5) is 0 Å². The van der Waals surface area contributed by atoms with Gasteiger partial charge >= 0.3 is 5.97 Å². The standard InChI is InChI=1S/C14H17BrO4/c1-18-7-6-13(14(16)17)19-12-5-4-10(15)8-11(12)9-2-3-9/h4-5,8-9,13H,2-3,6-7H2,1H3,(H,16,17)/t13-/m0/s1. The van der Waals surface area contributed by atoms with Crippen LogP contribution in [0.15, 0.2) is 22.7 Å². The van der Waals surface area contributed by atoms with Gasteiger partial charge in [0.05, 0.1) is 6.61 Å². The first-order chi connectivity index (χ1) is 9.11. The van der Waals surface area contributed by atoms with Gasteiger partial charge in [-0.2, -0.15) is 0 Å². The third kappa shape index (κ3) is 3.94. The summed E-state index contributed by atoms with van der Waals surface area (Å²) in [5.74, 6) is 0.222.